The summed E-state index contributed by atoms with van der Waals surface area (Å²) in [5.74, 6) is 0.910. The number of allylic oxidation sites excluding steroid dienone is 1. The highest BCUT2D eigenvalue weighted by atomic mass is 32.2. The van der Waals surface area contributed by atoms with E-state index in [0.29, 0.717) is 17.7 Å². The molecular formula is C23H32F2N2O3S. The lowest BCUT2D eigenvalue weighted by atomic mass is 9.88. The first-order valence-electron chi connectivity index (χ1n) is 11.4. The van der Waals surface area contributed by atoms with Gasteiger partial charge in [0.25, 0.3) is 0 Å². The SMILES string of the molecule is O=S(=O)(NC1CCN(CC2CCCCC2)CC1)C1=Cc2ccc(OC(F)F)cc2CC1. The number of nitrogens with one attached hydrogen (secondary N) is 1. The second-order valence-electron chi connectivity index (χ2n) is 9.05. The molecule has 5 nitrogen and oxygen atoms in total. The first-order chi connectivity index (χ1) is 14.9. The highest BCUT2D eigenvalue weighted by molar-refractivity contribution is 7.93. The molecule has 4 rings (SSSR count). The molecule has 1 N–H and O–H groups in total. The van der Waals surface area contributed by atoms with E-state index in [0.717, 1.165) is 49.5 Å². The number of likely N-dealkylation sites (tertiary alicyclic amines) is 1. The van der Waals surface area contributed by atoms with Gasteiger partial charge in [-0.2, -0.15) is 8.78 Å². The lowest BCUT2D eigenvalue weighted by Gasteiger charge is -2.35. The molecule has 1 saturated carbocycles. The molecule has 2 fully saturated rings. The number of nitrogens with zero attached hydrogens (tertiary/aromatic N) is 1. The van der Waals surface area contributed by atoms with Gasteiger partial charge in [-0.25, -0.2) is 13.1 Å². The highest BCUT2D eigenvalue weighted by Crippen LogP contribution is 2.31. The van der Waals surface area contributed by atoms with E-state index in [2.05, 4.69) is 14.4 Å². The summed E-state index contributed by atoms with van der Waals surface area (Å²) in [5, 5.41) is 0. The Kier molecular flexibility index (Phi) is 7.29. The minimum absolute atomic E-state index is 0.0308. The van der Waals surface area contributed by atoms with E-state index in [1.165, 1.54) is 38.2 Å². The fourth-order valence-electron chi connectivity index (χ4n) is 5.09. The van der Waals surface area contributed by atoms with Gasteiger partial charge in [-0.1, -0.05) is 25.3 Å². The van der Waals surface area contributed by atoms with E-state index < -0.39 is 16.6 Å². The minimum Gasteiger partial charge on any atom is -0.435 e. The van der Waals surface area contributed by atoms with Crippen molar-refractivity contribution in [2.24, 2.45) is 5.92 Å². The molecule has 0 radical (unpaired) electrons. The zero-order chi connectivity index (χ0) is 21.8. The number of fused-ring (bicyclic) bond motifs is 1. The van der Waals surface area contributed by atoms with Crippen molar-refractivity contribution < 1.29 is 21.9 Å². The topological polar surface area (TPSA) is 58.6 Å². The Bertz CT molecular complexity index is 890. The van der Waals surface area contributed by atoms with Gasteiger partial charge in [0, 0.05) is 12.6 Å². The summed E-state index contributed by atoms with van der Waals surface area (Å²) in [6.45, 7) is 0.168. The van der Waals surface area contributed by atoms with Crippen LogP contribution in [0.25, 0.3) is 6.08 Å². The first kappa shape index (κ1) is 22.7. The Labute approximate surface area is 183 Å². The molecule has 1 aliphatic heterocycles. The molecule has 172 valence electrons. The maximum Gasteiger partial charge on any atom is 0.387 e. The van der Waals surface area contributed by atoms with Crippen molar-refractivity contribution in [1.29, 1.82) is 0 Å². The van der Waals surface area contributed by atoms with Gasteiger partial charge in [-0.3, -0.25) is 0 Å². The predicted octanol–water partition coefficient (Wildman–Crippen LogP) is 4.54. The van der Waals surface area contributed by atoms with Gasteiger partial charge in [-0.05, 0) is 86.9 Å². The molecule has 2 aliphatic carbocycles. The Hall–Kier alpha value is -1.51. The van der Waals surface area contributed by atoms with Crippen molar-refractivity contribution in [3.8, 4) is 5.75 Å². The van der Waals surface area contributed by atoms with Crippen molar-refractivity contribution in [2.45, 2.75) is 70.4 Å². The maximum absolute atomic E-state index is 13.0. The van der Waals surface area contributed by atoms with Crippen molar-refractivity contribution in [1.82, 2.24) is 9.62 Å². The number of sulfonamides is 1. The lowest BCUT2D eigenvalue weighted by molar-refractivity contribution is -0.0498. The number of hydrogen-bond acceptors (Lipinski definition) is 4. The number of alkyl halides is 2. The highest BCUT2D eigenvalue weighted by Gasteiger charge is 2.28. The second-order valence-corrected chi connectivity index (χ2v) is 10.8. The summed E-state index contributed by atoms with van der Waals surface area (Å²) >= 11 is 0. The van der Waals surface area contributed by atoms with Gasteiger partial charge in [0.2, 0.25) is 10.0 Å². The van der Waals surface area contributed by atoms with Crippen LogP contribution < -0.4 is 9.46 Å². The molecule has 0 unspecified atom stereocenters. The van der Waals surface area contributed by atoms with Gasteiger partial charge in [0.1, 0.15) is 5.75 Å². The third-order valence-electron chi connectivity index (χ3n) is 6.79. The molecule has 0 amide bonds. The van der Waals surface area contributed by atoms with Crippen molar-refractivity contribution in [3.63, 3.8) is 0 Å². The van der Waals surface area contributed by atoms with Crippen LogP contribution in [-0.2, 0) is 16.4 Å². The van der Waals surface area contributed by atoms with Gasteiger partial charge in [-0.15, -0.1) is 0 Å². The molecule has 0 bridgehead atoms. The quantitative estimate of drug-likeness (QED) is 0.657. The van der Waals surface area contributed by atoms with Crippen LogP contribution in [0.1, 0.15) is 62.5 Å². The summed E-state index contributed by atoms with van der Waals surface area (Å²) < 4.78 is 58.1. The van der Waals surface area contributed by atoms with E-state index in [1.54, 1.807) is 18.2 Å². The lowest BCUT2D eigenvalue weighted by Crippen LogP contribution is -2.46. The molecule has 3 aliphatic rings. The van der Waals surface area contributed by atoms with Crippen LogP contribution in [0.15, 0.2) is 23.1 Å². The monoisotopic (exact) mass is 454 g/mol. The largest absolute Gasteiger partial charge is 0.435 e. The molecule has 1 heterocycles. The van der Waals surface area contributed by atoms with Crippen LogP contribution in [0.4, 0.5) is 8.78 Å². The predicted molar refractivity (Wildman–Crippen MR) is 117 cm³/mol. The average Bonchev–Trinajstić information content (AvgIpc) is 2.75. The van der Waals surface area contributed by atoms with Crippen LogP contribution >= 0.6 is 0 Å². The summed E-state index contributed by atoms with van der Waals surface area (Å²) in [7, 11) is -3.56. The Morgan fingerprint density at radius 3 is 2.52 bits per heavy atom. The average molecular weight is 455 g/mol. The van der Waals surface area contributed by atoms with Crippen molar-refractivity contribution >= 4 is 16.1 Å². The summed E-state index contributed by atoms with van der Waals surface area (Å²) in [6, 6.07) is 4.63. The number of hydrogen-bond donors (Lipinski definition) is 1. The smallest absolute Gasteiger partial charge is 0.387 e. The molecule has 8 heteroatoms. The third-order valence-corrected chi connectivity index (χ3v) is 8.45. The van der Waals surface area contributed by atoms with Gasteiger partial charge in [0.15, 0.2) is 0 Å². The first-order valence-corrected chi connectivity index (χ1v) is 12.9. The summed E-state index contributed by atoms with van der Waals surface area (Å²) in [4.78, 5) is 2.86. The van der Waals surface area contributed by atoms with E-state index >= 15 is 0 Å². The number of halogens is 2. The van der Waals surface area contributed by atoms with Crippen molar-refractivity contribution in [2.75, 3.05) is 19.6 Å². The number of rotatable bonds is 7. The minimum atomic E-state index is -3.56. The van der Waals surface area contributed by atoms with Crippen LogP contribution in [0.2, 0.25) is 0 Å². The zero-order valence-electron chi connectivity index (χ0n) is 17.9. The molecule has 0 aromatic heterocycles. The van der Waals surface area contributed by atoms with Crippen LogP contribution in [0.3, 0.4) is 0 Å². The molecular weight excluding hydrogens is 422 g/mol. The number of ether oxygens (including phenoxy) is 1. The van der Waals surface area contributed by atoms with Gasteiger partial charge in [0.05, 0.1) is 4.91 Å². The van der Waals surface area contributed by atoms with E-state index in [1.807, 2.05) is 0 Å². The normalized spacial score (nSPS) is 21.7. The maximum atomic E-state index is 13.0. The van der Waals surface area contributed by atoms with Gasteiger partial charge < -0.3 is 9.64 Å². The number of piperidine rings is 1. The molecule has 31 heavy (non-hydrogen) atoms. The number of aryl methyl sites for hydroxylation is 1. The third kappa shape index (κ3) is 6.05. The second kappa shape index (κ2) is 9.96. The fourth-order valence-corrected chi connectivity index (χ4v) is 6.57. The van der Waals surface area contributed by atoms with Gasteiger partial charge >= 0.3 is 6.61 Å². The zero-order valence-corrected chi connectivity index (χ0v) is 18.7. The van der Waals surface area contributed by atoms with Crippen molar-refractivity contribution in [3.05, 3.63) is 34.2 Å². The summed E-state index contributed by atoms with van der Waals surface area (Å²) in [6.07, 6.45) is 10.9. The molecule has 1 aromatic carbocycles. The van der Waals surface area contributed by atoms with E-state index in [9.17, 15) is 17.2 Å². The Balaban J connectivity index is 1.32. The Morgan fingerprint density at radius 1 is 1.06 bits per heavy atom. The van der Waals surface area contributed by atoms with Crippen LogP contribution in [0, 0.1) is 5.92 Å². The van der Waals surface area contributed by atoms with Crippen LogP contribution in [0.5, 0.6) is 5.75 Å². The molecule has 1 saturated heterocycles. The van der Waals surface area contributed by atoms with Crippen LogP contribution in [-0.4, -0.2) is 45.6 Å². The molecule has 0 atom stereocenters. The Morgan fingerprint density at radius 2 is 1.81 bits per heavy atom. The fraction of sp³-hybridized carbons (Fsp3) is 0.652. The standard InChI is InChI=1S/C23H32F2N2O3S/c24-23(25)30-21-8-6-19-15-22(9-7-18(19)14-21)31(28,29)26-20-10-12-27(13-11-20)16-17-4-2-1-3-5-17/h6,8,14-15,17,20,23,26H,1-5,7,9-13,16H2. The molecule has 0 spiro atoms. The summed E-state index contributed by atoms with van der Waals surface area (Å²) in [5.41, 5.74) is 1.57. The van der Waals surface area contributed by atoms with E-state index in [4.69, 9.17) is 0 Å². The van der Waals surface area contributed by atoms with E-state index in [-0.39, 0.29) is 11.8 Å². The molecule has 1 aromatic rings. The number of benzene rings is 1.